The second kappa shape index (κ2) is 7.47. The first-order chi connectivity index (χ1) is 11.7. The Hall–Kier alpha value is 0.319. The third-order valence-corrected chi connectivity index (χ3v) is 15.0. The zero-order valence-electron chi connectivity index (χ0n) is 11.6. The molecule has 0 aromatic rings. The summed E-state index contributed by atoms with van der Waals surface area (Å²) in [5, 5.41) is 0. The molecule has 0 saturated carbocycles. The van der Waals surface area contributed by atoms with Crippen LogP contribution in [0, 0.1) is 0 Å². The maximum atomic E-state index is 13.0. The maximum absolute atomic E-state index is 13.0. The molecule has 0 amide bonds. The molecule has 0 aliphatic heterocycles. The predicted octanol–water partition coefficient (Wildman–Crippen LogP) is 5.16. The van der Waals surface area contributed by atoms with Crippen LogP contribution in [0.3, 0.4) is 0 Å². The first-order valence-corrected chi connectivity index (χ1v) is 15.1. The molecular weight excluding hydrogens is 693 g/mol. The molecule has 0 aliphatic rings. The zero-order valence-corrected chi connectivity index (χ0v) is 16.3. The molecule has 28 heavy (non-hydrogen) atoms. The number of alkyl halides is 18. The second-order valence-electron chi connectivity index (χ2n) is 4.49. The van der Waals surface area contributed by atoms with Gasteiger partial charge in [0.05, 0.1) is 0 Å². The Morgan fingerprint density at radius 1 is 0.286 bits per heavy atom. The molecule has 0 nitrogen and oxygen atoms in total. The molecule has 0 saturated heterocycles. The van der Waals surface area contributed by atoms with Crippen molar-refractivity contribution in [3.05, 3.63) is 0 Å². The van der Waals surface area contributed by atoms with E-state index in [0.717, 1.165) is 0 Å². The summed E-state index contributed by atoms with van der Waals surface area (Å²) in [7, 11) is 0. The quantitative estimate of drug-likeness (QED) is 0.256. The van der Waals surface area contributed by atoms with E-state index in [0.29, 0.717) is 0 Å². The van der Waals surface area contributed by atoms with E-state index < -0.39 is 78.1 Å². The fraction of sp³-hybridized carbons (Fsp3) is 1.00. The van der Waals surface area contributed by atoms with E-state index in [-0.39, 0.29) is 0 Å². The van der Waals surface area contributed by atoms with Gasteiger partial charge in [0.25, 0.3) is 0 Å². The van der Waals surface area contributed by atoms with Crippen LogP contribution in [0.15, 0.2) is 0 Å². The summed E-state index contributed by atoms with van der Waals surface area (Å²) in [6, 6.07) is 0. The van der Waals surface area contributed by atoms with Gasteiger partial charge in [0.1, 0.15) is 0 Å². The average molecular weight is 693 g/mol. The van der Waals surface area contributed by atoms with Gasteiger partial charge in [-0.3, -0.25) is 0 Å². The van der Waals surface area contributed by atoms with Crippen molar-refractivity contribution in [3.8, 4) is 0 Å². The van der Waals surface area contributed by atoms with Gasteiger partial charge in [-0.25, -0.2) is 0 Å². The van der Waals surface area contributed by atoms with E-state index >= 15 is 0 Å². The normalized spacial score (nSPS) is 16.5. The minimum atomic E-state index is -7.55. The van der Waals surface area contributed by atoms with Gasteiger partial charge >= 0.3 is 157 Å². The molecule has 0 fully saturated rings. The fourth-order valence-corrected chi connectivity index (χ4v) is 10.9. The first-order valence-electron chi connectivity index (χ1n) is 5.48. The van der Waals surface area contributed by atoms with E-state index in [1.165, 1.54) is 0 Å². The van der Waals surface area contributed by atoms with Crippen molar-refractivity contribution in [2.24, 2.45) is 0 Å². The summed E-state index contributed by atoms with van der Waals surface area (Å²) in [6.07, 6.45) is -14.7. The van der Waals surface area contributed by atoms with Gasteiger partial charge in [0.15, 0.2) is 0 Å². The Kier molecular flexibility index (Phi) is 7.56. The minimum absolute atomic E-state index is 5.05. The Morgan fingerprint density at radius 3 is 0.607 bits per heavy atom. The Bertz CT molecular complexity index is 505. The molecule has 0 aromatic carbocycles. The van der Waals surface area contributed by atoms with Crippen LogP contribution in [0.5, 0.6) is 0 Å². The van der Waals surface area contributed by atoms with Gasteiger partial charge in [0, 0.05) is 0 Å². The van der Waals surface area contributed by atoms with Crippen LogP contribution in [0.25, 0.3) is 0 Å². The van der Waals surface area contributed by atoms with Gasteiger partial charge in [-0.2, -0.15) is 0 Å². The fourth-order valence-electron chi connectivity index (χ4n) is 0.931. The summed E-state index contributed by atoms with van der Waals surface area (Å²) in [5.74, 6) is -30.0. The monoisotopic (exact) mass is 698 g/mol. The summed E-state index contributed by atoms with van der Waals surface area (Å²) in [4.78, 5) is 0. The third kappa shape index (κ3) is 4.49. The molecule has 0 spiro atoms. The number of hydrogen-bond donors (Lipinski definition) is 0. The van der Waals surface area contributed by atoms with Crippen LogP contribution in [-0.2, 0) is 0 Å². The van der Waals surface area contributed by atoms with Crippen molar-refractivity contribution in [3.63, 3.8) is 0 Å². The molecular formula is C8F18Te2. The molecule has 0 unspecified atom stereocenters. The van der Waals surface area contributed by atoms with Crippen LogP contribution in [0.2, 0.25) is 0 Å². The van der Waals surface area contributed by atoms with Crippen molar-refractivity contribution in [1.82, 2.24) is 0 Å². The Labute approximate surface area is 157 Å². The van der Waals surface area contributed by atoms with E-state index in [1.807, 2.05) is 0 Å². The molecule has 0 heterocycles. The summed E-state index contributed by atoms with van der Waals surface area (Å²) in [6.45, 7) is 0. The number of halogens is 18. The van der Waals surface area contributed by atoms with Gasteiger partial charge in [0.2, 0.25) is 0 Å². The van der Waals surface area contributed by atoms with Crippen LogP contribution >= 0.6 is 0 Å². The van der Waals surface area contributed by atoms with E-state index in [4.69, 9.17) is 0 Å². The molecule has 20 heteroatoms. The summed E-state index contributed by atoms with van der Waals surface area (Å²) >= 11 is -10.1. The predicted molar refractivity (Wildman–Crippen MR) is 53.3 cm³/mol. The van der Waals surface area contributed by atoms with Crippen molar-refractivity contribution in [2.45, 2.75) is 44.0 Å². The van der Waals surface area contributed by atoms with Crippen molar-refractivity contribution in [2.75, 3.05) is 0 Å². The first kappa shape index (κ1) is 28.3. The molecule has 0 radical (unpaired) electrons. The molecule has 0 N–H and O–H groups in total. The average Bonchev–Trinajstić information content (AvgIpc) is 2.42. The Morgan fingerprint density at radius 2 is 0.464 bits per heavy atom. The van der Waals surface area contributed by atoms with Crippen LogP contribution in [-0.4, -0.2) is 78.1 Å². The molecule has 170 valence electrons. The van der Waals surface area contributed by atoms with Gasteiger partial charge in [-0.15, -0.1) is 0 Å². The summed E-state index contributed by atoms with van der Waals surface area (Å²) < 4.78 is 211. The second-order valence-corrected chi connectivity index (χ2v) is 14.8. The summed E-state index contributed by atoms with van der Waals surface area (Å²) in [5.41, 5.74) is 0. The third-order valence-electron chi connectivity index (χ3n) is 2.48. The zero-order chi connectivity index (χ0) is 23.4. The van der Waals surface area contributed by atoms with Gasteiger partial charge in [-0.1, -0.05) is 0 Å². The number of hydrogen-bond acceptors (Lipinski definition) is 0. The van der Waals surface area contributed by atoms with Crippen LogP contribution in [0.4, 0.5) is 79.0 Å². The van der Waals surface area contributed by atoms with Crippen molar-refractivity contribution >= 4 is 34.1 Å². The number of rotatable bonds is 7. The molecule has 0 bridgehead atoms. The van der Waals surface area contributed by atoms with Crippen LogP contribution < -0.4 is 0 Å². The molecule has 0 aliphatic carbocycles. The topological polar surface area (TPSA) is 0 Å². The van der Waals surface area contributed by atoms with Crippen LogP contribution in [0.1, 0.15) is 0 Å². The molecule has 0 rings (SSSR count). The van der Waals surface area contributed by atoms with Crippen molar-refractivity contribution < 1.29 is 79.0 Å². The van der Waals surface area contributed by atoms with E-state index in [2.05, 4.69) is 0 Å². The molecule has 0 aromatic heterocycles. The SMILES string of the molecule is FC(F)(F)C(F)(F)C(F)(F)C(F)(F)[Te][Te]C(F)(F)C(F)(F)C(F)(F)C(F)(F)F. The van der Waals surface area contributed by atoms with E-state index in [9.17, 15) is 79.0 Å². The standard InChI is InChI=1S/C8F18Te2/c9-1(10,5(17,18)19)3(13,14)7(23,24)27-28-8(25,26)4(15,16)2(11,12)6(20,21)22. The van der Waals surface area contributed by atoms with Gasteiger partial charge in [-0.05, 0) is 0 Å². The van der Waals surface area contributed by atoms with E-state index in [1.54, 1.807) is 0 Å². The molecule has 0 atom stereocenters. The van der Waals surface area contributed by atoms with Gasteiger partial charge < -0.3 is 0 Å². The Balaban J connectivity index is 5.84. The van der Waals surface area contributed by atoms with Crippen molar-refractivity contribution in [1.29, 1.82) is 0 Å².